The maximum Gasteiger partial charge on any atom is 0.410 e. The van der Waals surface area contributed by atoms with E-state index in [1.807, 2.05) is 6.07 Å². The van der Waals surface area contributed by atoms with Crippen LogP contribution in [0.2, 0.25) is 5.02 Å². The molecule has 1 amide bonds. The molecule has 0 unspecified atom stereocenters. The summed E-state index contributed by atoms with van der Waals surface area (Å²) in [6.07, 6.45) is 1.98. The molecule has 2 aromatic carbocycles. The first kappa shape index (κ1) is 23.4. The molecule has 0 atom stereocenters. The van der Waals surface area contributed by atoms with Gasteiger partial charge in [0.05, 0.1) is 30.8 Å². The summed E-state index contributed by atoms with van der Waals surface area (Å²) in [6.45, 7) is 3.43. The lowest BCUT2D eigenvalue weighted by Crippen LogP contribution is -2.63. The van der Waals surface area contributed by atoms with Crippen LogP contribution < -0.4 is 14.8 Å². The molecular formula is C24H25ClFN5O4. The van der Waals surface area contributed by atoms with Crippen molar-refractivity contribution >= 4 is 40.1 Å². The average Bonchev–Trinajstić information content (AvgIpc) is 3.12. The highest BCUT2D eigenvalue weighted by molar-refractivity contribution is 6.31. The van der Waals surface area contributed by atoms with E-state index in [-0.39, 0.29) is 16.7 Å². The summed E-state index contributed by atoms with van der Waals surface area (Å²) in [6, 6.07) is 7.99. The summed E-state index contributed by atoms with van der Waals surface area (Å²) in [5.41, 5.74) is 0.912. The number of methoxy groups -OCH3 is 1. The number of amides is 1. The van der Waals surface area contributed by atoms with Gasteiger partial charge in [0.1, 0.15) is 18.0 Å². The fraction of sp³-hybridized carbons (Fsp3) is 0.375. The van der Waals surface area contributed by atoms with E-state index in [0.29, 0.717) is 41.7 Å². The van der Waals surface area contributed by atoms with E-state index in [9.17, 15) is 9.18 Å². The summed E-state index contributed by atoms with van der Waals surface area (Å²) in [4.78, 5) is 24.2. The van der Waals surface area contributed by atoms with Crippen molar-refractivity contribution in [1.29, 1.82) is 0 Å². The van der Waals surface area contributed by atoms with E-state index < -0.39 is 5.82 Å². The predicted octanol–water partition coefficient (Wildman–Crippen LogP) is 4.08. The maximum atomic E-state index is 13.5. The molecule has 184 valence electrons. The zero-order valence-corrected chi connectivity index (χ0v) is 20.1. The van der Waals surface area contributed by atoms with Gasteiger partial charge in [0, 0.05) is 43.8 Å². The van der Waals surface area contributed by atoms with E-state index in [4.69, 9.17) is 25.8 Å². The molecule has 2 fully saturated rings. The first-order valence-corrected chi connectivity index (χ1v) is 11.6. The van der Waals surface area contributed by atoms with Gasteiger partial charge in [0.15, 0.2) is 17.1 Å². The normalized spacial score (nSPS) is 16.9. The van der Waals surface area contributed by atoms with Crippen molar-refractivity contribution in [3.63, 3.8) is 0 Å². The number of likely N-dealkylation sites (N-methyl/N-ethyl adjacent to an activating group) is 1. The summed E-state index contributed by atoms with van der Waals surface area (Å²) in [5.74, 6) is 1.18. The topological polar surface area (TPSA) is 89.1 Å². The van der Waals surface area contributed by atoms with Crippen molar-refractivity contribution in [2.45, 2.75) is 12.0 Å². The first-order valence-electron chi connectivity index (χ1n) is 11.2. The number of benzene rings is 2. The van der Waals surface area contributed by atoms with Crippen molar-refractivity contribution in [2.24, 2.45) is 0 Å². The Morgan fingerprint density at radius 1 is 1.20 bits per heavy atom. The van der Waals surface area contributed by atoms with Gasteiger partial charge in [-0.2, -0.15) is 0 Å². The molecule has 0 saturated carbocycles. The summed E-state index contributed by atoms with van der Waals surface area (Å²) in [7, 11) is 3.33. The number of ether oxygens (including phenoxy) is 3. The van der Waals surface area contributed by atoms with E-state index >= 15 is 0 Å². The number of rotatable bonds is 8. The largest absolute Gasteiger partial charge is 0.493 e. The molecule has 35 heavy (non-hydrogen) atoms. The number of anilines is 2. The minimum absolute atomic E-state index is 0.0188. The Bertz CT molecular complexity index is 1270. The molecular weight excluding hydrogens is 477 g/mol. The third kappa shape index (κ3) is 4.76. The molecule has 1 N–H and O–H groups in total. The van der Waals surface area contributed by atoms with Gasteiger partial charge in [-0.1, -0.05) is 11.6 Å². The molecule has 2 aliphatic heterocycles. The van der Waals surface area contributed by atoms with E-state index in [0.717, 1.165) is 31.4 Å². The van der Waals surface area contributed by atoms with Gasteiger partial charge in [-0.05, 0) is 30.7 Å². The average molecular weight is 502 g/mol. The lowest BCUT2D eigenvalue weighted by molar-refractivity contribution is -0.0742. The van der Waals surface area contributed by atoms with Gasteiger partial charge in [-0.3, -0.25) is 4.90 Å². The van der Waals surface area contributed by atoms with Crippen LogP contribution in [-0.4, -0.2) is 78.4 Å². The fourth-order valence-electron chi connectivity index (χ4n) is 4.50. The van der Waals surface area contributed by atoms with Crippen LogP contribution in [0.4, 0.5) is 20.7 Å². The Hall–Kier alpha value is -3.37. The molecule has 9 nitrogen and oxygen atoms in total. The van der Waals surface area contributed by atoms with Crippen LogP contribution in [0.3, 0.4) is 0 Å². The van der Waals surface area contributed by atoms with E-state index in [1.165, 1.54) is 18.5 Å². The van der Waals surface area contributed by atoms with Gasteiger partial charge >= 0.3 is 6.09 Å². The van der Waals surface area contributed by atoms with Gasteiger partial charge in [-0.25, -0.2) is 19.2 Å². The number of halogens is 2. The molecule has 0 radical (unpaired) electrons. The zero-order valence-electron chi connectivity index (χ0n) is 19.4. The number of carbonyl (C=O) groups is 1. The lowest BCUT2D eigenvalue weighted by atomic mass is 9.94. The van der Waals surface area contributed by atoms with E-state index in [2.05, 4.69) is 20.2 Å². The highest BCUT2D eigenvalue weighted by atomic mass is 35.5. The van der Waals surface area contributed by atoms with Crippen molar-refractivity contribution in [1.82, 2.24) is 19.8 Å². The minimum Gasteiger partial charge on any atom is -0.493 e. The minimum atomic E-state index is -0.491. The summed E-state index contributed by atoms with van der Waals surface area (Å²) < 4.78 is 30.6. The quantitative estimate of drug-likeness (QED) is 0.462. The van der Waals surface area contributed by atoms with E-state index in [1.54, 1.807) is 31.2 Å². The van der Waals surface area contributed by atoms with Crippen molar-refractivity contribution in [2.75, 3.05) is 52.3 Å². The number of hydrogen-bond acceptors (Lipinski definition) is 8. The van der Waals surface area contributed by atoms with Crippen LogP contribution in [0.1, 0.15) is 6.42 Å². The number of hydrogen-bond donors (Lipinski definition) is 1. The van der Waals surface area contributed by atoms with Crippen molar-refractivity contribution < 1.29 is 23.4 Å². The standard InChI is InChI=1S/C24H25ClFN5O4/c1-30-11-24(35-23(30)32)12-31(13-24)6-3-7-34-21-9-16-19(10-20(21)33-2)27-14-28-22(16)29-15-4-5-18(26)17(25)8-15/h4-5,8-10,14H,3,6-7,11-13H2,1-2H3,(H,27,28,29). The maximum absolute atomic E-state index is 13.5. The van der Waals surface area contributed by atoms with Crippen LogP contribution in [-0.2, 0) is 4.74 Å². The Morgan fingerprint density at radius 3 is 2.74 bits per heavy atom. The Kier molecular flexibility index (Phi) is 6.24. The Morgan fingerprint density at radius 2 is 2.03 bits per heavy atom. The number of fused-ring (bicyclic) bond motifs is 1. The highest BCUT2D eigenvalue weighted by Gasteiger charge is 2.52. The van der Waals surface area contributed by atoms with Crippen LogP contribution >= 0.6 is 11.6 Å². The molecule has 11 heteroatoms. The SMILES string of the molecule is COc1cc2ncnc(Nc3ccc(F)c(Cl)c3)c2cc1OCCCN1CC2(C1)CN(C)C(=O)O2. The fourth-order valence-corrected chi connectivity index (χ4v) is 4.68. The predicted molar refractivity (Wildman–Crippen MR) is 129 cm³/mol. The lowest BCUT2D eigenvalue weighted by Gasteiger charge is -2.45. The number of aromatic nitrogens is 2. The monoisotopic (exact) mass is 501 g/mol. The molecule has 3 heterocycles. The van der Waals surface area contributed by atoms with Crippen LogP contribution in [0.25, 0.3) is 10.9 Å². The van der Waals surface area contributed by atoms with Crippen LogP contribution in [0, 0.1) is 5.82 Å². The molecule has 0 aliphatic carbocycles. The molecule has 3 aromatic rings. The second-order valence-corrected chi connectivity index (χ2v) is 9.22. The summed E-state index contributed by atoms with van der Waals surface area (Å²) in [5, 5.41) is 3.90. The van der Waals surface area contributed by atoms with Gasteiger partial charge in [-0.15, -0.1) is 0 Å². The van der Waals surface area contributed by atoms with Crippen LogP contribution in [0.15, 0.2) is 36.7 Å². The smallest absolute Gasteiger partial charge is 0.410 e. The Balaban J connectivity index is 1.23. The molecule has 2 saturated heterocycles. The van der Waals surface area contributed by atoms with Gasteiger partial charge < -0.3 is 24.4 Å². The third-order valence-electron chi connectivity index (χ3n) is 6.14. The van der Waals surface area contributed by atoms with Gasteiger partial charge in [0.25, 0.3) is 0 Å². The number of carbonyl (C=O) groups excluding carboxylic acids is 1. The Labute approximate surface area is 206 Å². The van der Waals surface area contributed by atoms with Gasteiger partial charge in [0.2, 0.25) is 0 Å². The molecule has 1 aromatic heterocycles. The zero-order chi connectivity index (χ0) is 24.6. The second kappa shape index (κ2) is 9.35. The molecule has 5 rings (SSSR count). The second-order valence-electron chi connectivity index (χ2n) is 8.82. The van der Waals surface area contributed by atoms with Crippen LogP contribution in [0.5, 0.6) is 11.5 Å². The highest BCUT2D eigenvalue weighted by Crippen LogP contribution is 2.35. The van der Waals surface area contributed by atoms with Crippen molar-refractivity contribution in [3.05, 3.63) is 47.5 Å². The number of nitrogens with zero attached hydrogens (tertiary/aromatic N) is 4. The van der Waals surface area contributed by atoms with Crippen molar-refractivity contribution in [3.8, 4) is 11.5 Å². The number of likely N-dealkylation sites (tertiary alicyclic amines) is 1. The summed E-state index contributed by atoms with van der Waals surface area (Å²) >= 11 is 5.91. The molecule has 2 aliphatic rings. The molecule has 0 bridgehead atoms. The molecule has 1 spiro atoms. The third-order valence-corrected chi connectivity index (χ3v) is 6.43. The number of nitrogens with one attached hydrogen (secondary N) is 1. The first-order chi connectivity index (χ1) is 16.9.